The van der Waals surface area contributed by atoms with Crippen molar-refractivity contribution in [1.82, 2.24) is 4.90 Å². The van der Waals surface area contributed by atoms with Crippen LogP contribution in [0.15, 0.2) is 10.5 Å². The lowest BCUT2D eigenvalue weighted by Gasteiger charge is -2.38. The largest absolute Gasteiger partial charge is 0.465 e. The minimum Gasteiger partial charge on any atom is -0.465 e. The van der Waals surface area contributed by atoms with Crippen molar-refractivity contribution < 1.29 is 4.42 Å². The fourth-order valence-electron chi connectivity index (χ4n) is 2.69. The van der Waals surface area contributed by atoms with Crippen LogP contribution >= 0.6 is 0 Å². The Hall–Kier alpha value is -0.800. The second-order valence-corrected chi connectivity index (χ2v) is 5.94. The lowest BCUT2D eigenvalue weighted by molar-refractivity contribution is 0.109. The Balaban J connectivity index is 1.93. The van der Waals surface area contributed by atoms with Crippen LogP contribution < -0.4 is 5.73 Å². The standard InChI is InChI=1S/C15H26N2O/c1-4-15(3)5-7-17(8-6-15)11-13-9-14(10-16)18-12(13)2/h9H,4-8,10-11,16H2,1-3H3. The van der Waals surface area contributed by atoms with Crippen LogP contribution in [0.4, 0.5) is 0 Å². The van der Waals surface area contributed by atoms with Crippen molar-refractivity contribution in [3.63, 3.8) is 0 Å². The Labute approximate surface area is 110 Å². The van der Waals surface area contributed by atoms with Gasteiger partial charge < -0.3 is 10.2 Å². The second-order valence-electron chi connectivity index (χ2n) is 5.94. The molecule has 1 fully saturated rings. The number of likely N-dealkylation sites (tertiary alicyclic amines) is 1. The van der Waals surface area contributed by atoms with Crippen molar-refractivity contribution in [2.75, 3.05) is 13.1 Å². The molecular weight excluding hydrogens is 224 g/mol. The van der Waals surface area contributed by atoms with Gasteiger partial charge in [-0.25, -0.2) is 0 Å². The summed E-state index contributed by atoms with van der Waals surface area (Å²) in [5.41, 5.74) is 7.47. The van der Waals surface area contributed by atoms with E-state index in [2.05, 4.69) is 24.8 Å². The van der Waals surface area contributed by atoms with E-state index in [4.69, 9.17) is 10.2 Å². The molecule has 2 N–H and O–H groups in total. The Morgan fingerprint density at radius 3 is 2.56 bits per heavy atom. The first-order valence-corrected chi connectivity index (χ1v) is 7.07. The molecule has 1 saturated heterocycles. The summed E-state index contributed by atoms with van der Waals surface area (Å²) in [6.07, 6.45) is 3.91. The first-order chi connectivity index (χ1) is 8.56. The monoisotopic (exact) mass is 250 g/mol. The van der Waals surface area contributed by atoms with E-state index in [9.17, 15) is 0 Å². The maximum absolute atomic E-state index is 5.62. The van der Waals surface area contributed by atoms with Crippen LogP contribution in [0.25, 0.3) is 0 Å². The zero-order valence-electron chi connectivity index (χ0n) is 12.0. The van der Waals surface area contributed by atoms with E-state index in [1.807, 2.05) is 6.92 Å². The number of nitrogens with zero attached hydrogens (tertiary/aromatic N) is 1. The van der Waals surface area contributed by atoms with Crippen molar-refractivity contribution in [1.29, 1.82) is 0 Å². The Bertz CT molecular complexity index is 389. The Kier molecular flexibility index (Phi) is 4.13. The molecule has 2 rings (SSSR count). The first kappa shape index (κ1) is 13.6. The van der Waals surface area contributed by atoms with Gasteiger partial charge in [-0.1, -0.05) is 20.3 Å². The third-order valence-electron chi connectivity index (χ3n) is 4.58. The lowest BCUT2D eigenvalue weighted by atomic mass is 9.78. The number of nitrogens with two attached hydrogens (primary N) is 1. The van der Waals surface area contributed by atoms with E-state index < -0.39 is 0 Å². The molecule has 1 aliphatic rings. The van der Waals surface area contributed by atoms with Crippen molar-refractivity contribution in [3.05, 3.63) is 23.2 Å². The van der Waals surface area contributed by atoms with Crippen LogP contribution in [-0.2, 0) is 13.1 Å². The second kappa shape index (κ2) is 5.45. The predicted molar refractivity (Wildman–Crippen MR) is 74.2 cm³/mol. The van der Waals surface area contributed by atoms with Crippen LogP contribution in [0.1, 0.15) is 50.2 Å². The number of piperidine rings is 1. The molecule has 0 amide bonds. The van der Waals surface area contributed by atoms with E-state index in [1.54, 1.807) is 0 Å². The highest BCUT2D eigenvalue weighted by Crippen LogP contribution is 2.34. The summed E-state index contributed by atoms with van der Waals surface area (Å²) in [6.45, 7) is 10.7. The minimum absolute atomic E-state index is 0.495. The third kappa shape index (κ3) is 2.96. The van der Waals surface area contributed by atoms with Gasteiger partial charge in [0.1, 0.15) is 11.5 Å². The molecular formula is C15H26N2O. The normalized spacial score (nSPS) is 20.2. The molecule has 1 aromatic rings. The molecule has 0 spiro atoms. The summed E-state index contributed by atoms with van der Waals surface area (Å²) in [5.74, 6) is 1.93. The number of aryl methyl sites for hydroxylation is 1. The van der Waals surface area contributed by atoms with Crippen molar-refractivity contribution >= 4 is 0 Å². The van der Waals surface area contributed by atoms with Gasteiger partial charge in [-0.15, -0.1) is 0 Å². The molecule has 18 heavy (non-hydrogen) atoms. The number of hydrogen-bond acceptors (Lipinski definition) is 3. The maximum atomic E-state index is 5.62. The number of rotatable bonds is 4. The maximum Gasteiger partial charge on any atom is 0.118 e. The van der Waals surface area contributed by atoms with Gasteiger partial charge in [-0.3, -0.25) is 4.90 Å². The Morgan fingerprint density at radius 1 is 1.39 bits per heavy atom. The lowest BCUT2D eigenvalue weighted by Crippen LogP contribution is -2.37. The highest BCUT2D eigenvalue weighted by molar-refractivity contribution is 5.20. The van der Waals surface area contributed by atoms with Gasteiger partial charge >= 0.3 is 0 Å². The average Bonchev–Trinajstić information content (AvgIpc) is 2.73. The van der Waals surface area contributed by atoms with Crippen molar-refractivity contribution in [2.24, 2.45) is 11.1 Å². The number of furan rings is 1. The van der Waals surface area contributed by atoms with Gasteiger partial charge in [0, 0.05) is 12.1 Å². The van der Waals surface area contributed by atoms with Crippen LogP contribution in [0.2, 0.25) is 0 Å². The SMILES string of the molecule is CCC1(C)CCN(Cc2cc(CN)oc2C)CC1. The summed E-state index contributed by atoms with van der Waals surface area (Å²) < 4.78 is 5.62. The molecule has 1 aromatic heterocycles. The summed E-state index contributed by atoms with van der Waals surface area (Å²) in [7, 11) is 0. The highest BCUT2D eigenvalue weighted by Gasteiger charge is 2.28. The molecule has 0 aliphatic carbocycles. The molecule has 3 nitrogen and oxygen atoms in total. The third-order valence-corrected chi connectivity index (χ3v) is 4.58. The smallest absolute Gasteiger partial charge is 0.118 e. The molecule has 0 aromatic carbocycles. The summed E-state index contributed by atoms with van der Waals surface area (Å²) in [6, 6.07) is 2.11. The molecule has 0 atom stereocenters. The summed E-state index contributed by atoms with van der Waals surface area (Å²) in [5, 5.41) is 0. The van der Waals surface area contributed by atoms with Crippen LogP contribution in [-0.4, -0.2) is 18.0 Å². The Morgan fingerprint density at radius 2 is 2.06 bits per heavy atom. The highest BCUT2D eigenvalue weighted by atomic mass is 16.3. The summed E-state index contributed by atoms with van der Waals surface area (Å²) in [4.78, 5) is 2.54. The molecule has 1 aliphatic heterocycles. The quantitative estimate of drug-likeness (QED) is 0.893. The van der Waals surface area contributed by atoms with Gasteiger partial charge in [0.15, 0.2) is 0 Å². The molecule has 0 unspecified atom stereocenters. The van der Waals surface area contributed by atoms with Crippen LogP contribution in [0.5, 0.6) is 0 Å². The van der Waals surface area contributed by atoms with E-state index in [1.165, 1.54) is 37.9 Å². The minimum atomic E-state index is 0.495. The van der Waals surface area contributed by atoms with Gasteiger partial charge in [0.05, 0.1) is 6.54 Å². The van der Waals surface area contributed by atoms with E-state index in [0.717, 1.165) is 18.1 Å². The molecule has 0 bridgehead atoms. The molecule has 0 radical (unpaired) electrons. The average molecular weight is 250 g/mol. The molecule has 0 saturated carbocycles. The van der Waals surface area contributed by atoms with Gasteiger partial charge in [0.25, 0.3) is 0 Å². The van der Waals surface area contributed by atoms with Gasteiger partial charge in [-0.05, 0) is 44.3 Å². The van der Waals surface area contributed by atoms with Gasteiger partial charge in [-0.2, -0.15) is 0 Å². The van der Waals surface area contributed by atoms with E-state index in [-0.39, 0.29) is 0 Å². The van der Waals surface area contributed by atoms with Crippen molar-refractivity contribution in [3.8, 4) is 0 Å². The summed E-state index contributed by atoms with van der Waals surface area (Å²) >= 11 is 0. The molecule has 2 heterocycles. The molecule has 102 valence electrons. The fraction of sp³-hybridized carbons (Fsp3) is 0.733. The van der Waals surface area contributed by atoms with E-state index >= 15 is 0 Å². The zero-order chi connectivity index (χ0) is 13.2. The van der Waals surface area contributed by atoms with Crippen molar-refractivity contribution in [2.45, 2.75) is 53.1 Å². The fourth-order valence-corrected chi connectivity index (χ4v) is 2.69. The number of hydrogen-bond donors (Lipinski definition) is 1. The van der Waals surface area contributed by atoms with Crippen LogP contribution in [0, 0.1) is 12.3 Å². The van der Waals surface area contributed by atoms with Gasteiger partial charge in [0.2, 0.25) is 0 Å². The van der Waals surface area contributed by atoms with Crippen LogP contribution in [0.3, 0.4) is 0 Å². The first-order valence-electron chi connectivity index (χ1n) is 7.07. The predicted octanol–water partition coefficient (Wildman–Crippen LogP) is 3.06. The molecule has 3 heteroatoms. The van der Waals surface area contributed by atoms with E-state index in [0.29, 0.717) is 12.0 Å². The zero-order valence-corrected chi connectivity index (χ0v) is 12.0. The topological polar surface area (TPSA) is 42.4 Å².